The van der Waals surface area contributed by atoms with Gasteiger partial charge in [0, 0.05) is 4.83 Å². The number of hydrogen-bond donors (Lipinski definition) is 0. The van der Waals surface area contributed by atoms with E-state index in [4.69, 9.17) is 4.74 Å². The van der Waals surface area contributed by atoms with Crippen LogP contribution in [0.3, 0.4) is 0 Å². The van der Waals surface area contributed by atoms with Gasteiger partial charge < -0.3 is 4.74 Å². The molecular weight excluding hydrogens is 252 g/mol. The van der Waals surface area contributed by atoms with Crippen LogP contribution in [0.2, 0.25) is 0 Å². The molecule has 0 heterocycles. The molecule has 0 saturated carbocycles. The molecule has 0 fully saturated rings. The van der Waals surface area contributed by atoms with Gasteiger partial charge in [-0.1, -0.05) is 46.3 Å². The fourth-order valence-electron chi connectivity index (χ4n) is 1.47. The number of ether oxygens (including phenoxy) is 1. The van der Waals surface area contributed by atoms with E-state index >= 15 is 0 Å². The van der Waals surface area contributed by atoms with E-state index in [1.807, 2.05) is 18.2 Å². The minimum Gasteiger partial charge on any atom is -0.492 e. The van der Waals surface area contributed by atoms with Crippen LogP contribution in [0.25, 0.3) is 10.8 Å². The lowest BCUT2D eigenvalue weighted by Gasteiger charge is -2.08. The zero-order valence-corrected chi connectivity index (χ0v) is 10.2. The molecule has 1 atom stereocenters. The number of halogens is 1. The molecular formula is C13H13BrO. The van der Waals surface area contributed by atoms with Gasteiger partial charge in [0.15, 0.2) is 0 Å². The monoisotopic (exact) mass is 264 g/mol. The summed E-state index contributed by atoms with van der Waals surface area (Å²) in [4.78, 5) is 0.379. The summed E-state index contributed by atoms with van der Waals surface area (Å²) in [5.41, 5.74) is 0. The third-order valence-corrected chi connectivity index (χ3v) is 2.46. The summed E-state index contributed by atoms with van der Waals surface area (Å²) in [5.74, 6) is 0.931. The Kier molecular flexibility index (Phi) is 3.27. The third kappa shape index (κ3) is 2.72. The standard InChI is InChI=1S/C13H13BrO/c1-10(14)9-15-13-7-6-11-4-2-3-5-12(11)8-13/h2-8,10H,9H2,1H3. The van der Waals surface area contributed by atoms with Crippen LogP contribution in [0, 0.1) is 0 Å². The Balaban J connectivity index is 2.23. The van der Waals surface area contributed by atoms with Crippen molar-refractivity contribution in [1.29, 1.82) is 0 Å². The van der Waals surface area contributed by atoms with E-state index in [-0.39, 0.29) is 0 Å². The predicted molar refractivity (Wildman–Crippen MR) is 67.8 cm³/mol. The van der Waals surface area contributed by atoms with Gasteiger partial charge in [0.25, 0.3) is 0 Å². The molecule has 0 aliphatic heterocycles. The summed E-state index contributed by atoms with van der Waals surface area (Å²) >= 11 is 3.46. The van der Waals surface area contributed by atoms with Crippen molar-refractivity contribution in [3.05, 3.63) is 42.5 Å². The highest BCUT2D eigenvalue weighted by Gasteiger charge is 1.99. The lowest BCUT2D eigenvalue weighted by atomic mass is 10.1. The van der Waals surface area contributed by atoms with Crippen molar-refractivity contribution in [2.75, 3.05) is 6.61 Å². The molecule has 0 spiro atoms. The number of alkyl halides is 1. The molecule has 0 radical (unpaired) electrons. The van der Waals surface area contributed by atoms with Gasteiger partial charge in [-0.05, 0) is 29.8 Å². The molecule has 0 amide bonds. The largest absolute Gasteiger partial charge is 0.492 e. The zero-order chi connectivity index (χ0) is 10.7. The fourth-order valence-corrected chi connectivity index (χ4v) is 1.60. The molecule has 1 nitrogen and oxygen atoms in total. The molecule has 1 unspecified atom stereocenters. The summed E-state index contributed by atoms with van der Waals surface area (Å²) < 4.78 is 5.63. The second-order valence-corrected chi connectivity index (χ2v) is 5.16. The van der Waals surface area contributed by atoms with Crippen LogP contribution in [-0.4, -0.2) is 11.4 Å². The van der Waals surface area contributed by atoms with Crippen molar-refractivity contribution in [1.82, 2.24) is 0 Å². The van der Waals surface area contributed by atoms with E-state index in [9.17, 15) is 0 Å². The Labute approximate surface area is 98.2 Å². The van der Waals surface area contributed by atoms with Crippen molar-refractivity contribution in [3.8, 4) is 5.75 Å². The molecule has 0 aliphatic carbocycles. The summed E-state index contributed by atoms with van der Waals surface area (Å²) in [5, 5.41) is 2.47. The van der Waals surface area contributed by atoms with E-state index < -0.39 is 0 Å². The Morgan fingerprint density at radius 1 is 1.13 bits per heavy atom. The van der Waals surface area contributed by atoms with E-state index in [1.54, 1.807) is 0 Å². The van der Waals surface area contributed by atoms with Crippen molar-refractivity contribution in [3.63, 3.8) is 0 Å². The Morgan fingerprint density at radius 3 is 2.60 bits per heavy atom. The van der Waals surface area contributed by atoms with Crippen LogP contribution in [0.15, 0.2) is 42.5 Å². The first-order valence-corrected chi connectivity index (χ1v) is 5.93. The Hall–Kier alpha value is -1.02. The van der Waals surface area contributed by atoms with E-state index in [0.717, 1.165) is 5.75 Å². The third-order valence-electron chi connectivity index (χ3n) is 2.20. The van der Waals surface area contributed by atoms with Gasteiger partial charge in [0.05, 0.1) is 0 Å². The normalized spacial score (nSPS) is 12.7. The Morgan fingerprint density at radius 2 is 1.87 bits per heavy atom. The van der Waals surface area contributed by atoms with Crippen molar-refractivity contribution >= 4 is 26.7 Å². The van der Waals surface area contributed by atoms with Crippen molar-refractivity contribution in [2.45, 2.75) is 11.8 Å². The predicted octanol–water partition coefficient (Wildman–Crippen LogP) is 4.00. The highest BCUT2D eigenvalue weighted by atomic mass is 79.9. The highest BCUT2D eigenvalue weighted by molar-refractivity contribution is 9.09. The molecule has 0 bridgehead atoms. The van der Waals surface area contributed by atoms with Crippen LogP contribution >= 0.6 is 15.9 Å². The topological polar surface area (TPSA) is 9.23 Å². The maximum atomic E-state index is 5.63. The molecule has 0 aromatic heterocycles. The minimum absolute atomic E-state index is 0.379. The van der Waals surface area contributed by atoms with Gasteiger partial charge in [-0.25, -0.2) is 0 Å². The number of rotatable bonds is 3. The molecule has 0 saturated heterocycles. The lowest BCUT2D eigenvalue weighted by Crippen LogP contribution is -2.06. The number of benzene rings is 2. The molecule has 2 rings (SSSR count). The molecule has 78 valence electrons. The summed E-state index contributed by atoms with van der Waals surface area (Å²) in [6.45, 7) is 2.76. The van der Waals surface area contributed by atoms with Gasteiger partial charge in [0.2, 0.25) is 0 Å². The van der Waals surface area contributed by atoms with Crippen LogP contribution in [0.1, 0.15) is 6.92 Å². The maximum absolute atomic E-state index is 5.63. The molecule has 0 aliphatic rings. The summed E-state index contributed by atoms with van der Waals surface area (Å²) in [6.07, 6.45) is 0. The summed E-state index contributed by atoms with van der Waals surface area (Å²) in [6, 6.07) is 14.5. The van der Waals surface area contributed by atoms with Gasteiger partial charge in [-0.15, -0.1) is 0 Å². The van der Waals surface area contributed by atoms with Crippen molar-refractivity contribution in [2.24, 2.45) is 0 Å². The molecule has 0 N–H and O–H groups in total. The quantitative estimate of drug-likeness (QED) is 0.762. The number of hydrogen-bond acceptors (Lipinski definition) is 1. The maximum Gasteiger partial charge on any atom is 0.119 e. The first kappa shape index (κ1) is 10.5. The first-order chi connectivity index (χ1) is 7.25. The highest BCUT2D eigenvalue weighted by Crippen LogP contribution is 2.20. The van der Waals surface area contributed by atoms with Crippen LogP contribution in [0.4, 0.5) is 0 Å². The molecule has 2 aromatic rings. The average Bonchev–Trinajstić information content (AvgIpc) is 2.26. The van der Waals surface area contributed by atoms with Crippen LogP contribution in [0.5, 0.6) is 5.75 Å². The van der Waals surface area contributed by atoms with E-state index in [2.05, 4.69) is 47.1 Å². The average molecular weight is 265 g/mol. The Bertz CT molecular complexity index is 451. The van der Waals surface area contributed by atoms with Crippen molar-refractivity contribution < 1.29 is 4.74 Å². The second kappa shape index (κ2) is 4.67. The first-order valence-electron chi connectivity index (χ1n) is 5.01. The van der Waals surface area contributed by atoms with Crippen LogP contribution < -0.4 is 4.74 Å². The van der Waals surface area contributed by atoms with Gasteiger partial charge in [0.1, 0.15) is 12.4 Å². The number of fused-ring (bicyclic) bond motifs is 1. The second-order valence-electron chi connectivity index (χ2n) is 3.60. The zero-order valence-electron chi connectivity index (χ0n) is 8.61. The SMILES string of the molecule is CC(Br)COc1ccc2ccccc2c1. The van der Waals surface area contributed by atoms with Gasteiger partial charge >= 0.3 is 0 Å². The summed E-state index contributed by atoms with van der Waals surface area (Å²) in [7, 11) is 0. The molecule has 2 heteroatoms. The van der Waals surface area contributed by atoms with E-state index in [0.29, 0.717) is 11.4 Å². The van der Waals surface area contributed by atoms with E-state index in [1.165, 1.54) is 10.8 Å². The smallest absolute Gasteiger partial charge is 0.119 e. The van der Waals surface area contributed by atoms with Gasteiger partial charge in [-0.2, -0.15) is 0 Å². The fraction of sp³-hybridized carbons (Fsp3) is 0.231. The molecule has 15 heavy (non-hydrogen) atoms. The minimum atomic E-state index is 0.379. The van der Waals surface area contributed by atoms with Crippen LogP contribution in [-0.2, 0) is 0 Å². The molecule has 2 aromatic carbocycles. The lowest BCUT2D eigenvalue weighted by molar-refractivity contribution is 0.324. The van der Waals surface area contributed by atoms with Gasteiger partial charge in [-0.3, -0.25) is 0 Å².